The number of rotatable bonds is 0. The second-order valence-corrected chi connectivity index (χ2v) is 2.20. The van der Waals surface area contributed by atoms with Gasteiger partial charge < -0.3 is 0 Å². The zero-order chi connectivity index (χ0) is 9.21. The number of hydrogen-bond acceptors (Lipinski definition) is 3. The van der Waals surface area contributed by atoms with Gasteiger partial charge in [0.05, 0.1) is 5.60 Å². The Kier molecular flexibility index (Phi) is 17.2. The maximum atomic E-state index is 10.1. The first-order valence-electron chi connectivity index (χ1n) is 2.37. The molecule has 5 heteroatoms. The van der Waals surface area contributed by atoms with Crippen LogP contribution >= 0.6 is 0 Å². The quantitative estimate of drug-likeness (QED) is 0.375. The molecule has 1 N–H and O–H groups in total. The van der Waals surface area contributed by atoms with E-state index in [4.69, 9.17) is 15.4 Å². The molecule has 0 heterocycles. The van der Waals surface area contributed by atoms with Crippen molar-refractivity contribution >= 4 is 0 Å². The van der Waals surface area contributed by atoms with E-state index in [-0.39, 0.29) is 5.34 Å². The second kappa shape index (κ2) is 10.8. The van der Waals surface area contributed by atoms with Gasteiger partial charge in [0.2, 0.25) is 0 Å². The molecule has 0 amide bonds. The van der Waals surface area contributed by atoms with Gasteiger partial charge in [-0.3, -0.25) is 10.1 Å². The van der Waals surface area contributed by atoms with Crippen molar-refractivity contribution in [2.24, 2.45) is 0 Å². The van der Waals surface area contributed by atoms with Crippen LogP contribution in [0.3, 0.4) is 0 Å². The van der Waals surface area contributed by atoms with Crippen LogP contribution in [0.15, 0.2) is 0 Å². The average Bonchev–Trinajstić information content (AvgIpc) is 1.68. The summed E-state index contributed by atoms with van der Waals surface area (Å²) in [5.74, 6) is 0. The third kappa shape index (κ3) is 177. The Morgan fingerprint density at radius 1 is 1.40 bits per heavy atom. The molecule has 0 spiro atoms. The van der Waals surface area contributed by atoms with Crippen molar-refractivity contribution in [2.45, 2.75) is 26.4 Å². The van der Waals surface area contributed by atoms with Crippen LogP contribution in [-0.4, -0.2) is 5.60 Å². The van der Waals surface area contributed by atoms with E-state index in [0.29, 0.717) is 0 Å². The van der Waals surface area contributed by atoms with Gasteiger partial charge in [0.1, 0.15) is 0 Å². The lowest BCUT2D eigenvalue weighted by Crippen LogP contribution is -2.53. The molecule has 0 aromatic rings. The Morgan fingerprint density at radius 3 is 1.40 bits per heavy atom. The summed E-state index contributed by atoms with van der Waals surface area (Å²) in [6.07, 6.45) is 0. The van der Waals surface area contributed by atoms with Gasteiger partial charge in [-0.1, -0.05) is 0 Å². The summed E-state index contributed by atoms with van der Waals surface area (Å²) in [5.41, 5.74) is -0.750. The topological polar surface area (TPSA) is 97.8 Å². The molecule has 1 radical (unpaired) electrons. The van der Waals surface area contributed by atoms with Crippen LogP contribution < -0.4 is 5.34 Å². The van der Waals surface area contributed by atoms with Crippen LogP contribution in [0.25, 0.3) is 0 Å². The van der Waals surface area contributed by atoms with Gasteiger partial charge in [-0.05, 0) is 20.8 Å². The molecule has 0 unspecified atom stereocenters. The smallest absolute Gasteiger partial charge is 0.0952 e. The van der Waals surface area contributed by atoms with Crippen molar-refractivity contribution < 1.29 is 10.4 Å². The average molecular weight is 147 g/mol. The molecule has 5 nitrogen and oxygen atoms in total. The first kappa shape index (κ1) is 15.9. The molecular weight excluding hydrogens is 136 g/mol. The van der Waals surface area contributed by atoms with Crippen LogP contribution in [0.2, 0.25) is 0 Å². The number of nitriles is 1. The first-order chi connectivity index (χ1) is 4.41. The zero-order valence-corrected chi connectivity index (χ0v) is 6.25. The van der Waals surface area contributed by atoms with Gasteiger partial charge in [0.15, 0.2) is 0 Å². The Balaban J connectivity index is -0.0000000847. The van der Waals surface area contributed by atoms with E-state index in [1.165, 1.54) is 0 Å². The lowest BCUT2D eigenvalue weighted by molar-refractivity contribution is -0.398. The van der Waals surface area contributed by atoms with Crippen molar-refractivity contribution in [1.29, 1.82) is 5.26 Å². The van der Waals surface area contributed by atoms with Crippen molar-refractivity contribution in [1.82, 2.24) is 0 Å². The highest BCUT2D eigenvalue weighted by Gasteiger charge is 2.01. The summed E-state index contributed by atoms with van der Waals surface area (Å²) in [6.45, 7) is 8.40. The fourth-order valence-corrected chi connectivity index (χ4v) is 0. The molecule has 0 aromatic carbocycles. The molecule has 0 rings (SSSR count). The summed E-state index contributed by atoms with van der Waals surface area (Å²) in [7, 11) is 0. The summed E-state index contributed by atoms with van der Waals surface area (Å²) < 4.78 is 0. The molecule has 0 atom stereocenters. The fraction of sp³-hybridized carbons (Fsp3) is 0.800. The minimum atomic E-state index is -0.750. The maximum absolute atomic E-state index is 10.1. The molecule has 0 aliphatic rings. The Labute approximate surface area is 59.8 Å². The standard InChI is InChI=1S/C4H9O.CHN.HNO2/c1-4(2,3)5;1-2;2-1-3/h1-3H3;1H;1H. The van der Waals surface area contributed by atoms with E-state index in [2.05, 4.69) is 6.57 Å². The summed E-state index contributed by atoms with van der Waals surface area (Å²) in [4.78, 5) is 8.12. The minimum Gasteiger partial charge on any atom is -0.267 e. The van der Waals surface area contributed by atoms with Gasteiger partial charge in [0, 0.05) is 11.9 Å². The molecule has 0 aliphatic heterocycles. The van der Waals surface area contributed by atoms with Crippen LogP contribution in [-0.2, 0) is 5.11 Å². The van der Waals surface area contributed by atoms with Gasteiger partial charge in [-0.2, -0.15) is 0 Å². The van der Waals surface area contributed by atoms with Crippen LogP contribution in [0, 0.1) is 21.9 Å². The fourth-order valence-electron chi connectivity index (χ4n) is 0. The molecule has 10 heavy (non-hydrogen) atoms. The van der Waals surface area contributed by atoms with E-state index in [1.807, 2.05) is 0 Å². The Bertz CT molecular complexity index is 78.6. The summed E-state index contributed by atoms with van der Waals surface area (Å²) in [6, 6.07) is 0. The van der Waals surface area contributed by atoms with Gasteiger partial charge in [0.25, 0.3) is 0 Å². The van der Waals surface area contributed by atoms with E-state index in [0.717, 1.165) is 0 Å². The maximum Gasteiger partial charge on any atom is 0.0952 e. The minimum absolute atomic E-state index is 0.250. The van der Waals surface area contributed by atoms with Crippen molar-refractivity contribution in [3.05, 3.63) is 10.1 Å². The van der Waals surface area contributed by atoms with Crippen LogP contribution in [0.1, 0.15) is 20.8 Å². The molecule has 0 aromatic heterocycles. The molecule has 59 valence electrons. The molecule has 0 aliphatic carbocycles. The number of hydrogen-bond donors (Lipinski definition) is 1. The van der Waals surface area contributed by atoms with Crippen LogP contribution in [0.4, 0.5) is 0 Å². The highest BCUT2D eigenvalue weighted by Crippen LogP contribution is 1.95. The van der Waals surface area contributed by atoms with E-state index >= 15 is 0 Å². The van der Waals surface area contributed by atoms with Gasteiger partial charge >= 0.3 is 0 Å². The molecule has 0 saturated heterocycles. The highest BCUT2D eigenvalue weighted by atomic mass is 16.6. The third-order valence-electron chi connectivity index (χ3n) is 0. The summed E-state index contributed by atoms with van der Waals surface area (Å²) >= 11 is 0. The Morgan fingerprint density at radius 2 is 1.40 bits per heavy atom. The first-order valence-corrected chi connectivity index (χ1v) is 2.37. The lowest BCUT2D eigenvalue weighted by Gasteiger charge is -2.00. The molecule has 0 bridgehead atoms. The zero-order valence-electron chi connectivity index (χ0n) is 6.25. The largest absolute Gasteiger partial charge is 0.267 e. The van der Waals surface area contributed by atoms with Crippen molar-refractivity contribution in [2.75, 3.05) is 0 Å². The SMILES string of the molecule is C#N.CC(C)(C)[O].O=[NH+][O-]. The van der Waals surface area contributed by atoms with Crippen molar-refractivity contribution in [3.8, 4) is 6.57 Å². The third-order valence-corrected chi connectivity index (χ3v) is 0. The van der Waals surface area contributed by atoms with Crippen molar-refractivity contribution in [3.63, 3.8) is 0 Å². The Hall–Kier alpha value is -1.15. The molecule has 0 saturated carbocycles. The van der Waals surface area contributed by atoms with Crippen LogP contribution in [0.5, 0.6) is 0 Å². The van der Waals surface area contributed by atoms with E-state index in [9.17, 15) is 5.11 Å². The highest BCUT2D eigenvalue weighted by molar-refractivity contribution is 4.50. The predicted octanol–water partition coefficient (Wildman–Crippen LogP) is -0.314. The molecular formula is C5H11N2O3. The second-order valence-electron chi connectivity index (χ2n) is 2.20. The van der Waals surface area contributed by atoms with E-state index < -0.39 is 5.60 Å². The summed E-state index contributed by atoms with van der Waals surface area (Å²) in [5, 5.41) is 25.0. The number of nitrogens with one attached hydrogen (secondary N) is 1. The lowest BCUT2D eigenvalue weighted by atomic mass is 10.2. The van der Waals surface area contributed by atoms with Gasteiger partial charge in [-0.25, -0.2) is 10.4 Å². The normalized spacial score (nSPS) is 7.40. The molecule has 0 fully saturated rings. The monoisotopic (exact) mass is 147 g/mol. The van der Waals surface area contributed by atoms with Gasteiger partial charge in [-0.15, -0.1) is 0 Å². The van der Waals surface area contributed by atoms with E-state index in [1.54, 1.807) is 20.8 Å². The number of nitrogens with zero attached hydrogens (tertiary/aromatic N) is 1. The predicted molar refractivity (Wildman–Crippen MR) is 34.8 cm³/mol.